The predicted octanol–water partition coefficient (Wildman–Crippen LogP) is 0.963. The number of nitro groups is 1. The standard InChI is InChI=1S/C12H18N6O2/c1-3-17(4-2)11-7-5-10(6-8-11)9-14-15-12(13)16-18(19)20/h5-9H,3-4H2,1-2H3,(H3,13,15,16)/b14-9-. The minimum Gasteiger partial charge on any atom is -0.372 e. The Morgan fingerprint density at radius 2 is 2.00 bits per heavy atom. The van der Waals surface area contributed by atoms with Crippen molar-refractivity contribution in [2.45, 2.75) is 13.8 Å². The Hall–Kier alpha value is -2.64. The van der Waals surface area contributed by atoms with Gasteiger partial charge in [0.15, 0.2) is 5.03 Å². The van der Waals surface area contributed by atoms with Crippen LogP contribution in [-0.2, 0) is 0 Å². The Labute approximate surface area is 117 Å². The SMILES string of the molecule is CCN(CC)c1ccc(/C=N\N=C(N)N[N+](=O)[O-])cc1. The summed E-state index contributed by atoms with van der Waals surface area (Å²) in [6.45, 7) is 6.08. The summed E-state index contributed by atoms with van der Waals surface area (Å²) in [5, 5.41) is 16.4. The summed E-state index contributed by atoms with van der Waals surface area (Å²) in [7, 11) is 0. The van der Waals surface area contributed by atoms with Crippen LogP contribution in [0.3, 0.4) is 0 Å². The van der Waals surface area contributed by atoms with E-state index in [2.05, 4.69) is 29.0 Å². The zero-order valence-electron chi connectivity index (χ0n) is 11.5. The van der Waals surface area contributed by atoms with Crippen molar-refractivity contribution in [1.82, 2.24) is 5.43 Å². The number of hydrogen-bond donors (Lipinski definition) is 2. The van der Waals surface area contributed by atoms with E-state index >= 15 is 0 Å². The van der Waals surface area contributed by atoms with Gasteiger partial charge in [-0.2, -0.15) is 5.10 Å². The van der Waals surface area contributed by atoms with Gasteiger partial charge in [0.2, 0.25) is 0 Å². The fourth-order valence-corrected chi connectivity index (χ4v) is 1.63. The second-order valence-corrected chi connectivity index (χ2v) is 3.86. The summed E-state index contributed by atoms with van der Waals surface area (Å²) < 4.78 is 0. The number of benzene rings is 1. The van der Waals surface area contributed by atoms with Crippen LogP contribution in [0.15, 0.2) is 34.5 Å². The van der Waals surface area contributed by atoms with Crippen molar-refractivity contribution in [2.24, 2.45) is 15.9 Å². The fourth-order valence-electron chi connectivity index (χ4n) is 1.63. The Kier molecular flexibility index (Phi) is 5.95. The molecule has 0 unspecified atom stereocenters. The van der Waals surface area contributed by atoms with E-state index in [1.54, 1.807) is 5.43 Å². The molecule has 8 heteroatoms. The summed E-state index contributed by atoms with van der Waals surface area (Å²) in [6, 6.07) is 7.75. The molecule has 0 aliphatic heterocycles. The van der Waals surface area contributed by atoms with Crippen LogP contribution in [0, 0.1) is 10.1 Å². The highest BCUT2D eigenvalue weighted by Crippen LogP contribution is 2.13. The molecule has 0 aromatic heterocycles. The number of nitrogens with two attached hydrogens (primary N) is 1. The molecule has 0 spiro atoms. The Morgan fingerprint density at radius 3 is 2.50 bits per heavy atom. The molecule has 0 atom stereocenters. The van der Waals surface area contributed by atoms with E-state index < -0.39 is 5.03 Å². The number of nitrogens with zero attached hydrogens (tertiary/aromatic N) is 4. The molecular formula is C12H18N6O2. The summed E-state index contributed by atoms with van der Waals surface area (Å²) >= 11 is 0. The van der Waals surface area contributed by atoms with E-state index in [4.69, 9.17) is 5.73 Å². The number of nitrogens with one attached hydrogen (secondary N) is 1. The largest absolute Gasteiger partial charge is 0.372 e. The van der Waals surface area contributed by atoms with E-state index in [-0.39, 0.29) is 5.96 Å². The first-order valence-corrected chi connectivity index (χ1v) is 6.19. The highest BCUT2D eigenvalue weighted by molar-refractivity contribution is 5.82. The summed E-state index contributed by atoms with van der Waals surface area (Å²) in [5.41, 5.74) is 8.88. The van der Waals surface area contributed by atoms with Crippen molar-refractivity contribution < 1.29 is 5.03 Å². The van der Waals surface area contributed by atoms with Crippen molar-refractivity contribution in [3.05, 3.63) is 39.9 Å². The summed E-state index contributed by atoms with van der Waals surface area (Å²) in [6.07, 6.45) is 1.47. The molecule has 0 aliphatic rings. The van der Waals surface area contributed by atoms with Crippen molar-refractivity contribution in [2.75, 3.05) is 18.0 Å². The second-order valence-electron chi connectivity index (χ2n) is 3.86. The average Bonchev–Trinajstić information content (AvgIpc) is 2.41. The lowest BCUT2D eigenvalue weighted by Gasteiger charge is -2.20. The average molecular weight is 278 g/mol. The third-order valence-corrected chi connectivity index (χ3v) is 2.60. The molecule has 0 fully saturated rings. The molecule has 20 heavy (non-hydrogen) atoms. The van der Waals surface area contributed by atoms with Gasteiger partial charge < -0.3 is 10.6 Å². The molecular weight excluding hydrogens is 260 g/mol. The zero-order valence-corrected chi connectivity index (χ0v) is 11.5. The third kappa shape index (κ3) is 4.92. The van der Waals surface area contributed by atoms with Gasteiger partial charge >= 0.3 is 0 Å². The third-order valence-electron chi connectivity index (χ3n) is 2.60. The van der Waals surface area contributed by atoms with E-state index in [1.807, 2.05) is 24.3 Å². The lowest BCUT2D eigenvalue weighted by atomic mass is 10.2. The molecule has 3 N–H and O–H groups in total. The lowest BCUT2D eigenvalue weighted by molar-refractivity contribution is -0.525. The van der Waals surface area contributed by atoms with E-state index in [1.165, 1.54) is 6.21 Å². The first-order valence-electron chi connectivity index (χ1n) is 6.19. The van der Waals surface area contributed by atoms with Gasteiger partial charge in [-0.15, -0.1) is 5.10 Å². The number of guanidine groups is 1. The minimum absolute atomic E-state index is 0.369. The van der Waals surface area contributed by atoms with E-state index in [0.717, 1.165) is 24.3 Å². The highest BCUT2D eigenvalue weighted by Gasteiger charge is 2.00. The van der Waals surface area contributed by atoms with Crippen LogP contribution in [0.5, 0.6) is 0 Å². The van der Waals surface area contributed by atoms with Gasteiger partial charge in [-0.3, -0.25) is 0 Å². The molecule has 1 aromatic rings. The molecule has 0 aliphatic carbocycles. The molecule has 108 valence electrons. The van der Waals surface area contributed by atoms with Crippen LogP contribution in [0.25, 0.3) is 0 Å². The van der Waals surface area contributed by atoms with Gasteiger partial charge in [-0.25, -0.2) is 10.1 Å². The molecule has 0 bridgehead atoms. The smallest absolute Gasteiger partial charge is 0.275 e. The molecule has 0 amide bonds. The summed E-state index contributed by atoms with van der Waals surface area (Å²) in [5.74, 6) is -0.369. The van der Waals surface area contributed by atoms with Gasteiger partial charge in [0.05, 0.1) is 6.21 Å². The molecule has 0 radical (unpaired) electrons. The molecule has 1 aromatic carbocycles. The van der Waals surface area contributed by atoms with Crippen molar-refractivity contribution in [3.8, 4) is 0 Å². The Bertz CT molecular complexity index is 493. The van der Waals surface area contributed by atoms with Gasteiger partial charge in [0.1, 0.15) is 0 Å². The monoisotopic (exact) mass is 278 g/mol. The number of anilines is 1. The van der Waals surface area contributed by atoms with Crippen molar-refractivity contribution >= 4 is 17.9 Å². The molecule has 0 saturated heterocycles. The Morgan fingerprint density at radius 1 is 1.40 bits per heavy atom. The maximum Gasteiger partial charge on any atom is 0.275 e. The van der Waals surface area contributed by atoms with Crippen LogP contribution >= 0.6 is 0 Å². The van der Waals surface area contributed by atoms with Crippen molar-refractivity contribution in [1.29, 1.82) is 0 Å². The zero-order chi connectivity index (χ0) is 15.0. The van der Waals surface area contributed by atoms with Gasteiger partial charge in [0, 0.05) is 18.8 Å². The molecule has 1 rings (SSSR count). The number of hydrazine groups is 1. The highest BCUT2D eigenvalue weighted by atomic mass is 16.7. The van der Waals surface area contributed by atoms with Crippen LogP contribution in [0.4, 0.5) is 5.69 Å². The van der Waals surface area contributed by atoms with Gasteiger partial charge in [-0.1, -0.05) is 17.6 Å². The van der Waals surface area contributed by atoms with E-state index in [9.17, 15) is 10.1 Å². The first-order chi connectivity index (χ1) is 9.56. The van der Waals surface area contributed by atoms with Crippen LogP contribution in [-0.4, -0.2) is 30.3 Å². The predicted molar refractivity (Wildman–Crippen MR) is 79.3 cm³/mol. The molecule has 8 nitrogen and oxygen atoms in total. The first kappa shape index (κ1) is 15.4. The van der Waals surface area contributed by atoms with Crippen LogP contribution < -0.4 is 16.1 Å². The van der Waals surface area contributed by atoms with E-state index in [0.29, 0.717) is 0 Å². The topological polar surface area (TPSA) is 109 Å². The van der Waals surface area contributed by atoms with Crippen LogP contribution in [0.1, 0.15) is 19.4 Å². The molecule has 0 saturated carbocycles. The normalized spacial score (nSPS) is 11.6. The number of rotatable bonds is 6. The minimum atomic E-state index is -0.798. The van der Waals surface area contributed by atoms with Gasteiger partial charge in [0.25, 0.3) is 5.96 Å². The maximum absolute atomic E-state index is 10.1. The quantitative estimate of drug-likeness (QED) is 0.348. The fraction of sp³-hybridized carbons (Fsp3) is 0.333. The van der Waals surface area contributed by atoms with Gasteiger partial charge in [-0.05, 0) is 31.5 Å². The lowest BCUT2D eigenvalue weighted by Crippen LogP contribution is -2.35. The van der Waals surface area contributed by atoms with Crippen LogP contribution in [0.2, 0.25) is 0 Å². The Balaban J connectivity index is 2.68. The second kappa shape index (κ2) is 7.72. The molecule has 0 heterocycles. The number of hydrogen-bond acceptors (Lipinski definition) is 5. The summed E-state index contributed by atoms with van der Waals surface area (Å²) in [4.78, 5) is 12.3. The van der Waals surface area contributed by atoms with Crippen molar-refractivity contribution in [3.63, 3.8) is 0 Å². The maximum atomic E-state index is 10.1.